The minimum atomic E-state index is -0.494. The molecule has 1 aromatic heterocycles. The molecule has 1 N–H and O–H groups in total. The SMILES string of the molecule is C#Cc1cn(C2CCC(CO)O2)c(=O)nc1OCC=C. The average Bonchev–Trinajstić information content (AvgIpc) is 2.93. The zero-order chi connectivity index (χ0) is 14.5. The lowest BCUT2D eigenvalue weighted by molar-refractivity contribution is -0.0247. The van der Waals surface area contributed by atoms with Crippen LogP contribution >= 0.6 is 0 Å². The molecule has 1 aliphatic rings. The summed E-state index contributed by atoms with van der Waals surface area (Å²) in [7, 11) is 0. The van der Waals surface area contributed by atoms with E-state index in [2.05, 4.69) is 17.5 Å². The van der Waals surface area contributed by atoms with Gasteiger partial charge in [0.1, 0.15) is 18.4 Å². The van der Waals surface area contributed by atoms with Crippen LogP contribution in [-0.2, 0) is 4.74 Å². The summed E-state index contributed by atoms with van der Waals surface area (Å²) in [5, 5.41) is 9.05. The first kappa shape index (κ1) is 14.3. The Hall–Kier alpha value is -2.10. The molecule has 0 radical (unpaired) electrons. The number of aromatic nitrogens is 2. The van der Waals surface area contributed by atoms with Crippen LogP contribution < -0.4 is 10.4 Å². The number of aliphatic hydroxyl groups is 1. The number of terminal acetylenes is 1. The lowest BCUT2D eigenvalue weighted by Crippen LogP contribution is -2.28. The molecule has 0 aliphatic carbocycles. The monoisotopic (exact) mass is 276 g/mol. The third-order valence-corrected chi connectivity index (χ3v) is 3.01. The van der Waals surface area contributed by atoms with Gasteiger partial charge in [-0.15, -0.1) is 6.42 Å². The Bertz CT molecular complexity index is 588. The summed E-state index contributed by atoms with van der Waals surface area (Å²) in [4.78, 5) is 15.8. The van der Waals surface area contributed by atoms with Crippen LogP contribution in [0.1, 0.15) is 24.6 Å². The minimum absolute atomic E-state index is 0.0682. The molecule has 2 rings (SSSR count). The van der Waals surface area contributed by atoms with Gasteiger partial charge in [-0.1, -0.05) is 18.6 Å². The van der Waals surface area contributed by atoms with Crippen LogP contribution in [0.5, 0.6) is 5.88 Å². The fourth-order valence-corrected chi connectivity index (χ4v) is 2.03. The molecule has 0 aromatic carbocycles. The van der Waals surface area contributed by atoms with E-state index >= 15 is 0 Å². The fraction of sp³-hybridized carbons (Fsp3) is 0.429. The minimum Gasteiger partial charge on any atom is -0.472 e. The lowest BCUT2D eigenvalue weighted by atomic mass is 10.2. The Balaban J connectivity index is 2.29. The summed E-state index contributed by atoms with van der Waals surface area (Å²) >= 11 is 0. The molecule has 1 aliphatic heterocycles. The maximum absolute atomic E-state index is 12.0. The van der Waals surface area contributed by atoms with Crippen molar-refractivity contribution in [3.05, 3.63) is 34.9 Å². The zero-order valence-electron chi connectivity index (χ0n) is 11.0. The standard InChI is InChI=1S/C14H16N2O4/c1-3-7-19-13-10(4-2)8-16(14(18)15-13)12-6-5-11(9-17)20-12/h2-3,8,11-12,17H,1,5-7,9H2. The van der Waals surface area contributed by atoms with Gasteiger partial charge >= 0.3 is 5.69 Å². The highest BCUT2D eigenvalue weighted by Crippen LogP contribution is 2.27. The second-order valence-corrected chi connectivity index (χ2v) is 4.37. The van der Waals surface area contributed by atoms with Gasteiger partial charge in [-0.25, -0.2) is 4.79 Å². The average molecular weight is 276 g/mol. The van der Waals surface area contributed by atoms with Crippen LogP contribution in [-0.4, -0.2) is 34.0 Å². The number of aliphatic hydroxyl groups excluding tert-OH is 1. The number of hydrogen-bond acceptors (Lipinski definition) is 5. The Labute approximate surface area is 116 Å². The molecule has 1 aromatic rings. The highest BCUT2D eigenvalue weighted by Gasteiger charge is 2.27. The van der Waals surface area contributed by atoms with E-state index in [9.17, 15) is 4.79 Å². The summed E-state index contributed by atoms with van der Waals surface area (Å²) in [6.45, 7) is 3.67. The molecule has 0 amide bonds. The van der Waals surface area contributed by atoms with E-state index in [1.807, 2.05) is 0 Å². The highest BCUT2D eigenvalue weighted by molar-refractivity contribution is 5.38. The molecule has 2 heterocycles. The predicted molar refractivity (Wildman–Crippen MR) is 72.4 cm³/mol. The van der Waals surface area contributed by atoms with Crippen LogP contribution in [0, 0.1) is 12.3 Å². The Kier molecular flexibility index (Phi) is 4.56. The molecule has 6 nitrogen and oxygen atoms in total. The fourth-order valence-electron chi connectivity index (χ4n) is 2.03. The van der Waals surface area contributed by atoms with Gasteiger partial charge in [0.2, 0.25) is 5.88 Å². The number of ether oxygens (including phenoxy) is 2. The van der Waals surface area contributed by atoms with Crippen molar-refractivity contribution in [1.82, 2.24) is 9.55 Å². The maximum Gasteiger partial charge on any atom is 0.353 e. The Morgan fingerprint density at radius 3 is 3.10 bits per heavy atom. The van der Waals surface area contributed by atoms with Crippen molar-refractivity contribution in [2.75, 3.05) is 13.2 Å². The molecule has 0 bridgehead atoms. The van der Waals surface area contributed by atoms with Crippen LogP contribution in [0.25, 0.3) is 0 Å². The van der Waals surface area contributed by atoms with E-state index < -0.39 is 11.9 Å². The Morgan fingerprint density at radius 1 is 1.70 bits per heavy atom. The molecule has 6 heteroatoms. The first-order valence-corrected chi connectivity index (χ1v) is 6.29. The van der Waals surface area contributed by atoms with Gasteiger partial charge in [-0.2, -0.15) is 4.98 Å². The predicted octanol–water partition coefficient (Wildman–Crippen LogP) is 0.459. The number of hydrogen-bond donors (Lipinski definition) is 1. The van der Waals surface area contributed by atoms with E-state index in [1.54, 1.807) is 6.08 Å². The smallest absolute Gasteiger partial charge is 0.353 e. The van der Waals surface area contributed by atoms with Gasteiger partial charge in [0.05, 0.1) is 12.7 Å². The van der Waals surface area contributed by atoms with Gasteiger partial charge in [0.25, 0.3) is 0 Å². The van der Waals surface area contributed by atoms with Gasteiger partial charge in [-0.05, 0) is 12.8 Å². The van der Waals surface area contributed by atoms with E-state index in [-0.39, 0.29) is 25.2 Å². The van der Waals surface area contributed by atoms with E-state index in [0.717, 1.165) is 0 Å². The van der Waals surface area contributed by atoms with Crippen molar-refractivity contribution in [2.24, 2.45) is 0 Å². The molecule has 2 unspecified atom stereocenters. The van der Waals surface area contributed by atoms with Gasteiger partial charge in [-0.3, -0.25) is 4.57 Å². The Morgan fingerprint density at radius 2 is 2.50 bits per heavy atom. The van der Waals surface area contributed by atoms with Gasteiger partial charge in [0.15, 0.2) is 0 Å². The normalized spacial score (nSPS) is 21.4. The summed E-state index contributed by atoms with van der Waals surface area (Å²) in [6, 6.07) is 0. The van der Waals surface area contributed by atoms with Crippen molar-refractivity contribution in [1.29, 1.82) is 0 Å². The van der Waals surface area contributed by atoms with Crippen molar-refractivity contribution in [3.63, 3.8) is 0 Å². The molecule has 0 spiro atoms. The molecular weight excluding hydrogens is 260 g/mol. The van der Waals surface area contributed by atoms with E-state index in [1.165, 1.54) is 10.8 Å². The first-order chi connectivity index (χ1) is 9.69. The van der Waals surface area contributed by atoms with Crippen molar-refractivity contribution in [3.8, 4) is 18.2 Å². The molecule has 106 valence electrons. The lowest BCUT2D eigenvalue weighted by Gasteiger charge is -2.16. The summed E-state index contributed by atoms with van der Waals surface area (Å²) < 4.78 is 12.1. The van der Waals surface area contributed by atoms with Crippen LogP contribution in [0.15, 0.2) is 23.6 Å². The third kappa shape index (κ3) is 2.90. The van der Waals surface area contributed by atoms with E-state index in [0.29, 0.717) is 18.4 Å². The first-order valence-electron chi connectivity index (χ1n) is 6.29. The molecule has 2 atom stereocenters. The third-order valence-electron chi connectivity index (χ3n) is 3.01. The van der Waals surface area contributed by atoms with Crippen LogP contribution in [0.2, 0.25) is 0 Å². The molecular formula is C14H16N2O4. The van der Waals surface area contributed by atoms with E-state index in [4.69, 9.17) is 21.0 Å². The summed E-state index contributed by atoms with van der Waals surface area (Å²) in [5.41, 5.74) is -0.117. The largest absolute Gasteiger partial charge is 0.472 e. The molecule has 0 saturated carbocycles. The highest BCUT2D eigenvalue weighted by atomic mass is 16.5. The van der Waals surface area contributed by atoms with Gasteiger partial charge in [0, 0.05) is 6.20 Å². The van der Waals surface area contributed by atoms with Crippen molar-refractivity contribution in [2.45, 2.75) is 25.2 Å². The van der Waals surface area contributed by atoms with Crippen LogP contribution in [0.3, 0.4) is 0 Å². The summed E-state index contributed by atoms with van der Waals surface area (Å²) in [6.07, 6.45) is 9.05. The van der Waals surface area contributed by atoms with Crippen molar-refractivity contribution >= 4 is 0 Å². The maximum atomic E-state index is 12.0. The number of rotatable bonds is 5. The van der Waals surface area contributed by atoms with Gasteiger partial charge < -0.3 is 14.6 Å². The van der Waals surface area contributed by atoms with Crippen LogP contribution in [0.4, 0.5) is 0 Å². The topological polar surface area (TPSA) is 73.6 Å². The summed E-state index contributed by atoms with van der Waals surface area (Å²) in [5.74, 6) is 2.55. The second kappa shape index (κ2) is 6.37. The molecule has 1 fully saturated rings. The second-order valence-electron chi connectivity index (χ2n) is 4.37. The molecule has 20 heavy (non-hydrogen) atoms. The molecule has 1 saturated heterocycles. The quantitative estimate of drug-likeness (QED) is 0.624. The number of nitrogens with zero attached hydrogens (tertiary/aromatic N) is 2. The van der Waals surface area contributed by atoms with Crippen molar-refractivity contribution < 1.29 is 14.6 Å². The zero-order valence-corrected chi connectivity index (χ0v) is 11.0.